The first-order valence-electron chi connectivity index (χ1n) is 7.52. The molecule has 0 aromatic heterocycles. The van der Waals surface area contributed by atoms with Crippen molar-refractivity contribution in [3.8, 4) is 5.75 Å². The summed E-state index contributed by atoms with van der Waals surface area (Å²) in [6.45, 7) is 3.59. The zero-order chi connectivity index (χ0) is 17.1. The lowest BCUT2D eigenvalue weighted by molar-refractivity contribution is -0.155. The van der Waals surface area contributed by atoms with Crippen molar-refractivity contribution in [2.45, 2.75) is 32.8 Å². The normalized spacial score (nSPS) is 11.2. The van der Waals surface area contributed by atoms with Gasteiger partial charge in [0.05, 0.1) is 0 Å². The molecule has 2 N–H and O–H groups in total. The minimum absolute atomic E-state index is 0.395. The Bertz CT molecular complexity index is 518. The third kappa shape index (κ3) is 7.30. The molecule has 0 unspecified atom stereocenters. The van der Waals surface area contributed by atoms with Crippen LogP contribution in [0.5, 0.6) is 5.75 Å². The van der Waals surface area contributed by atoms with Gasteiger partial charge in [-0.25, -0.2) is 9.59 Å². The van der Waals surface area contributed by atoms with Crippen molar-refractivity contribution in [2.75, 3.05) is 13.2 Å². The predicted octanol–water partition coefficient (Wildman–Crippen LogP) is 1.62. The summed E-state index contributed by atoms with van der Waals surface area (Å²) in [5.74, 6) is -0.804. The number of hydrogen-bond donors (Lipinski definition) is 2. The van der Waals surface area contributed by atoms with E-state index in [0.717, 1.165) is 6.42 Å². The summed E-state index contributed by atoms with van der Waals surface area (Å²) in [6.07, 6.45) is 0.344. The average molecular weight is 322 g/mol. The van der Waals surface area contributed by atoms with Crippen molar-refractivity contribution >= 4 is 17.9 Å². The Morgan fingerprint density at radius 1 is 1.13 bits per heavy atom. The number of amides is 3. The van der Waals surface area contributed by atoms with E-state index in [4.69, 9.17) is 9.47 Å². The smallest absolute Gasteiger partial charge is 0.347 e. The van der Waals surface area contributed by atoms with Crippen LogP contribution >= 0.6 is 0 Å². The number of ether oxygens (including phenoxy) is 2. The van der Waals surface area contributed by atoms with E-state index in [-0.39, 0.29) is 0 Å². The first-order valence-corrected chi connectivity index (χ1v) is 7.52. The summed E-state index contributed by atoms with van der Waals surface area (Å²) in [7, 11) is 0. The highest BCUT2D eigenvalue weighted by atomic mass is 16.6. The van der Waals surface area contributed by atoms with Gasteiger partial charge >= 0.3 is 12.0 Å². The molecule has 0 bridgehead atoms. The number of nitrogens with one attached hydrogen (secondary N) is 2. The van der Waals surface area contributed by atoms with Gasteiger partial charge in [0.1, 0.15) is 5.75 Å². The summed E-state index contributed by atoms with van der Waals surface area (Å²) < 4.78 is 10.4. The second-order valence-corrected chi connectivity index (χ2v) is 4.74. The van der Waals surface area contributed by atoms with Crippen molar-refractivity contribution < 1.29 is 23.9 Å². The number of para-hydroxylation sites is 1. The molecular weight excluding hydrogens is 300 g/mol. The molecule has 0 saturated carbocycles. The SMILES string of the molecule is CCCNC(=O)NC(=O)COC(=O)[C@H](CC)Oc1ccccc1. The molecule has 0 heterocycles. The molecule has 1 rings (SSSR count). The zero-order valence-electron chi connectivity index (χ0n) is 13.3. The summed E-state index contributed by atoms with van der Waals surface area (Å²) in [5, 5.41) is 4.55. The number of esters is 1. The van der Waals surface area contributed by atoms with Crippen molar-refractivity contribution in [2.24, 2.45) is 0 Å². The molecule has 7 nitrogen and oxygen atoms in total. The van der Waals surface area contributed by atoms with E-state index in [9.17, 15) is 14.4 Å². The first-order chi connectivity index (χ1) is 11.1. The molecule has 0 aliphatic heterocycles. The van der Waals surface area contributed by atoms with Gasteiger partial charge in [-0.15, -0.1) is 0 Å². The van der Waals surface area contributed by atoms with Gasteiger partial charge in [-0.05, 0) is 25.0 Å². The van der Waals surface area contributed by atoms with Crippen LogP contribution in [0.4, 0.5) is 4.79 Å². The van der Waals surface area contributed by atoms with E-state index in [1.165, 1.54) is 0 Å². The van der Waals surface area contributed by atoms with Crippen LogP contribution < -0.4 is 15.4 Å². The minimum Gasteiger partial charge on any atom is -0.479 e. The van der Waals surface area contributed by atoms with E-state index < -0.39 is 30.6 Å². The Kier molecular flexibility index (Phi) is 8.20. The number of rotatable bonds is 8. The Hall–Kier alpha value is -2.57. The van der Waals surface area contributed by atoms with E-state index in [2.05, 4.69) is 10.6 Å². The van der Waals surface area contributed by atoms with Crippen LogP contribution in [0.3, 0.4) is 0 Å². The highest BCUT2D eigenvalue weighted by Crippen LogP contribution is 2.13. The van der Waals surface area contributed by atoms with Crippen LogP contribution in [0, 0.1) is 0 Å². The summed E-state index contributed by atoms with van der Waals surface area (Å²) in [4.78, 5) is 34.7. The van der Waals surface area contributed by atoms with Gasteiger partial charge in [0.25, 0.3) is 5.91 Å². The number of imide groups is 1. The molecule has 1 aromatic carbocycles. The van der Waals surface area contributed by atoms with Crippen LogP contribution in [0.15, 0.2) is 30.3 Å². The Morgan fingerprint density at radius 3 is 2.43 bits per heavy atom. The van der Waals surface area contributed by atoms with Crippen molar-refractivity contribution in [3.05, 3.63) is 30.3 Å². The third-order valence-electron chi connectivity index (χ3n) is 2.79. The lowest BCUT2D eigenvalue weighted by Gasteiger charge is -2.16. The molecule has 126 valence electrons. The summed E-state index contributed by atoms with van der Waals surface area (Å²) in [5.41, 5.74) is 0. The Morgan fingerprint density at radius 2 is 1.83 bits per heavy atom. The fourth-order valence-corrected chi connectivity index (χ4v) is 1.64. The molecule has 0 spiro atoms. The Labute approximate surface area is 135 Å². The second-order valence-electron chi connectivity index (χ2n) is 4.74. The van der Waals surface area contributed by atoms with Crippen molar-refractivity contribution in [3.63, 3.8) is 0 Å². The molecule has 23 heavy (non-hydrogen) atoms. The van der Waals surface area contributed by atoms with E-state index in [1.807, 2.05) is 13.0 Å². The molecule has 3 amide bonds. The lowest BCUT2D eigenvalue weighted by Crippen LogP contribution is -2.42. The van der Waals surface area contributed by atoms with E-state index in [0.29, 0.717) is 18.7 Å². The zero-order valence-corrected chi connectivity index (χ0v) is 13.3. The fourth-order valence-electron chi connectivity index (χ4n) is 1.64. The van der Waals surface area contributed by atoms with Crippen LogP contribution in [0.2, 0.25) is 0 Å². The number of benzene rings is 1. The maximum absolute atomic E-state index is 11.9. The van der Waals surface area contributed by atoms with Gasteiger partial charge in [-0.2, -0.15) is 0 Å². The highest BCUT2D eigenvalue weighted by molar-refractivity contribution is 5.95. The van der Waals surface area contributed by atoms with Crippen LogP contribution in [0.1, 0.15) is 26.7 Å². The number of carbonyl (C=O) groups is 3. The van der Waals surface area contributed by atoms with Crippen LogP contribution in [0.25, 0.3) is 0 Å². The third-order valence-corrected chi connectivity index (χ3v) is 2.79. The van der Waals surface area contributed by atoms with Gasteiger partial charge in [-0.3, -0.25) is 10.1 Å². The van der Waals surface area contributed by atoms with Crippen molar-refractivity contribution in [1.82, 2.24) is 10.6 Å². The molecule has 0 fully saturated rings. The fraction of sp³-hybridized carbons (Fsp3) is 0.438. The number of carbonyl (C=O) groups excluding carboxylic acids is 3. The molecule has 0 aliphatic carbocycles. The van der Waals surface area contributed by atoms with Gasteiger partial charge in [-0.1, -0.05) is 32.0 Å². The monoisotopic (exact) mass is 322 g/mol. The number of urea groups is 1. The lowest BCUT2D eigenvalue weighted by atomic mass is 10.2. The number of hydrogen-bond acceptors (Lipinski definition) is 5. The van der Waals surface area contributed by atoms with Gasteiger partial charge in [0.15, 0.2) is 12.7 Å². The van der Waals surface area contributed by atoms with Gasteiger partial charge in [0, 0.05) is 6.54 Å². The maximum Gasteiger partial charge on any atom is 0.347 e. The van der Waals surface area contributed by atoms with Gasteiger partial charge in [0.2, 0.25) is 0 Å². The van der Waals surface area contributed by atoms with Gasteiger partial charge < -0.3 is 14.8 Å². The largest absolute Gasteiger partial charge is 0.479 e. The Balaban J connectivity index is 2.38. The van der Waals surface area contributed by atoms with E-state index in [1.54, 1.807) is 31.2 Å². The topological polar surface area (TPSA) is 93.7 Å². The minimum atomic E-state index is -0.806. The van der Waals surface area contributed by atoms with E-state index >= 15 is 0 Å². The molecule has 0 saturated heterocycles. The second kappa shape index (κ2) is 10.2. The molecule has 7 heteroatoms. The maximum atomic E-state index is 11.9. The summed E-state index contributed by atoms with van der Waals surface area (Å²) >= 11 is 0. The average Bonchev–Trinajstić information content (AvgIpc) is 2.56. The standard InChI is InChI=1S/C16H22N2O5/c1-3-10-17-16(21)18-14(19)11-22-15(20)13(4-2)23-12-8-6-5-7-9-12/h5-9,13H,3-4,10-11H2,1-2H3,(H2,17,18,19,21)/t13-/m0/s1. The predicted molar refractivity (Wildman–Crippen MR) is 83.9 cm³/mol. The molecular formula is C16H22N2O5. The molecule has 1 aromatic rings. The highest BCUT2D eigenvalue weighted by Gasteiger charge is 2.21. The first kappa shape index (κ1) is 18.5. The molecule has 1 atom stereocenters. The van der Waals surface area contributed by atoms with Crippen molar-refractivity contribution in [1.29, 1.82) is 0 Å². The molecule has 0 radical (unpaired) electrons. The molecule has 0 aliphatic rings. The summed E-state index contributed by atoms with van der Waals surface area (Å²) in [6, 6.07) is 8.24. The van der Waals surface area contributed by atoms with Crippen LogP contribution in [-0.2, 0) is 14.3 Å². The quantitative estimate of drug-likeness (QED) is 0.709. The van der Waals surface area contributed by atoms with Crippen LogP contribution in [-0.4, -0.2) is 37.2 Å².